The van der Waals surface area contributed by atoms with E-state index >= 15 is 0 Å². The number of thioether (sulfide) groups is 1. The Morgan fingerprint density at radius 3 is 2.65 bits per heavy atom. The number of carbonyl (C=O) groups excluding carboxylic acids is 1. The third-order valence-electron chi connectivity index (χ3n) is 5.00. The highest BCUT2D eigenvalue weighted by Gasteiger charge is 2.11. The van der Waals surface area contributed by atoms with E-state index in [0.29, 0.717) is 47.1 Å². The minimum Gasteiger partial charge on any atom is -0.493 e. The molecule has 0 atom stereocenters. The molecule has 2 heterocycles. The first-order valence-corrected chi connectivity index (χ1v) is 12.1. The molecule has 1 aromatic carbocycles. The predicted molar refractivity (Wildman–Crippen MR) is 135 cm³/mol. The lowest BCUT2D eigenvalue weighted by molar-refractivity contribution is -0.118. The zero-order valence-corrected chi connectivity index (χ0v) is 21.0. The summed E-state index contributed by atoms with van der Waals surface area (Å²) in [6.07, 6.45) is 3.20. The van der Waals surface area contributed by atoms with Crippen LogP contribution < -0.4 is 19.7 Å². The Hall–Kier alpha value is -3.04. The van der Waals surface area contributed by atoms with Gasteiger partial charge in [0.15, 0.2) is 16.7 Å². The number of benzene rings is 1. The second kappa shape index (κ2) is 13.0. The number of nitrogens with one attached hydrogen (secondary N) is 1. The summed E-state index contributed by atoms with van der Waals surface area (Å²) in [4.78, 5) is 27.3. The lowest BCUT2D eigenvalue weighted by Gasteiger charge is -2.19. The number of methoxy groups -OCH3 is 2. The molecule has 0 bridgehead atoms. The highest BCUT2D eigenvalue weighted by Crippen LogP contribution is 2.28. The van der Waals surface area contributed by atoms with Gasteiger partial charge >= 0.3 is 0 Å². The number of likely N-dealkylation sites (N-methyl/N-ethyl adjacent to an activating group) is 1. The number of amides is 1. The van der Waals surface area contributed by atoms with Crippen LogP contribution in [0.1, 0.15) is 11.3 Å². The molecule has 1 amide bonds. The molecule has 0 spiro atoms. The smallest absolute Gasteiger partial charge is 0.230 e. The van der Waals surface area contributed by atoms with Crippen LogP contribution in [0.25, 0.3) is 0 Å². The average molecular weight is 502 g/mol. The van der Waals surface area contributed by atoms with Crippen LogP contribution in [0.15, 0.2) is 53.8 Å². The van der Waals surface area contributed by atoms with Crippen molar-refractivity contribution in [1.82, 2.24) is 20.3 Å². The van der Waals surface area contributed by atoms with Crippen molar-refractivity contribution in [2.45, 2.75) is 18.0 Å². The van der Waals surface area contributed by atoms with Crippen molar-refractivity contribution in [3.63, 3.8) is 0 Å². The van der Waals surface area contributed by atoms with Crippen LogP contribution in [0.4, 0.5) is 5.82 Å². The first kappa shape index (κ1) is 25.6. The van der Waals surface area contributed by atoms with Gasteiger partial charge in [0, 0.05) is 44.5 Å². The summed E-state index contributed by atoms with van der Waals surface area (Å²) in [5.74, 6) is 2.21. The van der Waals surface area contributed by atoms with Crippen molar-refractivity contribution < 1.29 is 14.3 Å². The molecule has 3 aromatic rings. The Bertz CT molecular complexity index is 1090. The molecule has 180 valence electrons. The molecular formula is C24H28ClN5O3S. The average Bonchev–Trinajstić information content (AvgIpc) is 2.86. The molecule has 0 saturated carbocycles. The minimum atomic E-state index is -0.0899. The maximum absolute atomic E-state index is 12.2. The number of hydrogen-bond donors (Lipinski definition) is 1. The Balaban J connectivity index is 1.51. The molecule has 0 saturated heterocycles. The van der Waals surface area contributed by atoms with E-state index in [1.807, 2.05) is 48.3 Å². The van der Waals surface area contributed by atoms with Gasteiger partial charge in [0.05, 0.1) is 20.0 Å². The molecule has 0 aliphatic heterocycles. The zero-order valence-electron chi connectivity index (χ0n) is 19.5. The van der Waals surface area contributed by atoms with Gasteiger partial charge in [-0.2, -0.15) is 0 Å². The van der Waals surface area contributed by atoms with Gasteiger partial charge in [-0.3, -0.25) is 9.78 Å². The van der Waals surface area contributed by atoms with Crippen LogP contribution in [0.3, 0.4) is 0 Å². The normalized spacial score (nSPS) is 10.6. The molecule has 2 aromatic heterocycles. The third-order valence-corrected chi connectivity index (χ3v) is 6.04. The Morgan fingerprint density at radius 2 is 1.91 bits per heavy atom. The summed E-state index contributed by atoms with van der Waals surface area (Å²) in [7, 11) is 5.18. The summed E-state index contributed by atoms with van der Waals surface area (Å²) in [6, 6.07) is 13.3. The third kappa shape index (κ3) is 7.78. The number of ether oxygens (including phenoxy) is 2. The second-order valence-electron chi connectivity index (χ2n) is 7.40. The van der Waals surface area contributed by atoms with Gasteiger partial charge in [-0.15, -0.1) is 0 Å². The Morgan fingerprint density at radius 1 is 1.09 bits per heavy atom. The molecule has 34 heavy (non-hydrogen) atoms. The van der Waals surface area contributed by atoms with Crippen molar-refractivity contribution in [2.24, 2.45) is 0 Å². The van der Waals surface area contributed by atoms with Crippen LogP contribution in [-0.2, 0) is 17.6 Å². The number of aromatic nitrogens is 3. The zero-order chi connectivity index (χ0) is 24.3. The van der Waals surface area contributed by atoms with Crippen LogP contribution in [0, 0.1) is 0 Å². The number of anilines is 1. The van der Waals surface area contributed by atoms with Gasteiger partial charge in [0.2, 0.25) is 5.91 Å². The standard InChI is InChI=1S/C24H28ClN5O3S/c1-30(13-10-17-7-8-19(32-2)20(14-17)33-3)22-15-21(25)28-24(29-22)34-16-23(31)27-12-9-18-6-4-5-11-26-18/h4-8,11,14-15H,9-10,12-13,16H2,1-3H3,(H,27,31). The number of halogens is 1. The summed E-state index contributed by atoms with van der Waals surface area (Å²) in [5, 5.41) is 3.68. The van der Waals surface area contributed by atoms with Crippen molar-refractivity contribution >= 4 is 35.1 Å². The molecule has 0 aliphatic carbocycles. The molecule has 0 fully saturated rings. The fourth-order valence-corrected chi connectivity index (χ4v) is 4.06. The first-order valence-electron chi connectivity index (χ1n) is 10.7. The number of carbonyl (C=O) groups is 1. The molecule has 3 rings (SSSR count). The van der Waals surface area contributed by atoms with Gasteiger partial charge in [0.25, 0.3) is 0 Å². The number of hydrogen-bond acceptors (Lipinski definition) is 8. The van der Waals surface area contributed by atoms with Gasteiger partial charge < -0.3 is 19.7 Å². The number of nitrogens with zero attached hydrogens (tertiary/aromatic N) is 4. The van der Waals surface area contributed by atoms with Gasteiger partial charge in [0.1, 0.15) is 11.0 Å². The van der Waals surface area contributed by atoms with E-state index in [0.717, 1.165) is 17.7 Å². The van der Waals surface area contributed by atoms with Gasteiger partial charge in [-0.25, -0.2) is 9.97 Å². The van der Waals surface area contributed by atoms with Crippen LogP contribution in [-0.4, -0.2) is 61.0 Å². The van der Waals surface area contributed by atoms with Crippen molar-refractivity contribution in [3.8, 4) is 11.5 Å². The van der Waals surface area contributed by atoms with E-state index in [1.54, 1.807) is 26.5 Å². The maximum atomic E-state index is 12.2. The van der Waals surface area contributed by atoms with Gasteiger partial charge in [-0.1, -0.05) is 35.5 Å². The monoisotopic (exact) mass is 501 g/mol. The highest BCUT2D eigenvalue weighted by molar-refractivity contribution is 7.99. The Kier molecular flexibility index (Phi) is 9.78. The topological polar surface area (TPSA) is 89.5 Å². The van der Waals surface area contributed by atoms with Crippen LogP contribution in [0.2, 0.25) is 5.15 Å². The van der Waals surface area contributed by atoms with E-state index in [1.165, 1.54) is 11.8 Å². The maximum Gasteiger partial charge on any atom is 0.230 e. The molecule has 8 nitrogen and oxygen atoms in total. The Labute approximate surface area is 209 Å². The molecule has 0 radical (unpaired) electrons. The number of rotatable bonds is 12. The predicted octanol–water partition coefficient (Wildman–Crippen LogP) is 3.67. The van der Waals surface area contributed by atoms with Crippen LogP contribution >= 0.6 is 23.4 Å². The minimum absolute atomic E-state index is 0.0899. The largest absolute Gasteiger partial charge is 0.493 e. The second-order valence-corrected chi connectivity index (χ2v) is 8.73. The van der Waals surface area contributed by atoms with Crippen LogP contribution in [0.5, 0.6) is 11.5 Å². The summed E-state index contributed by atoms with van der Waals surface area (Å²) >= 11 is 7.47. The van der Waals surface area contributed by atoms with Crippen molar-refractivity contribution in [2.75, 3.05) is 45.0 Å². The van der Waals surface area contributed by atoms with E-state index in [4.69, 9.17) is 21.1 Å². The fourth-order valence-electron chi connectivity index (χ4n) is 3.15. The van der Waals surface area contributed by atoms with E-state index in [2.05, 4.69) is 20.3 Å². The van der Waals surface area contributed by atoms with Gasteiger partial charge in [-0.05, 0) is 36.2 Å². The molecule has 1 N–H and O–H groups in total. The lowest BCUT2D eigenvalue weighted by atomic mass is 10.1. The molecule has 10 heteroatoms. The first-order chi connectivity index (χ1) is 16.5. The molecule has 0 unspecified atom stereocenters. The van der Waals surface area contributed by atoms with Crippen molar-refractivity contribution in [1.29, 1.82) is 0 Å². The fraction of sp³-hybridized carbons (Fsp3) is 0.333. The summed E-state index contributed by atoms with van der Waals surface area (Å²) in [6.45, 7) is 1.23. The lowest BCUT2D eigenvalue weighted by Crippen LogP contribution is -2.27. The van der Waals surface area contributed by atoms with Crippen molar-refractivity contribution in [3.05, 3.63) is 65.1 Å². The summed E-state index contributed by atoms with van der Waals surface area (Å²) in [5.41, 5.74) is 2.05. The molecule has 0 aliphatic rings. The van der Waals surface area contributed by atoms with E-state index < -0.39 is 0 Å². The molecular weight excluding hydrogens is 474 g/mol. The highest BCUT2D eigenvalue weighted by atomic mass is 35.5. The SMILES string of the molecule is COc1ccc(CCN(C)c2cc(Cl)nc(SCC(=O)NCCc3ccccn3)n2)cc1OC. The van der Waals surface area contributed by atoms with E-state index in [-0.39, 0.29) is 11.7 Å². The quantitative estimate of drug-likeness (QED) is 0.228. The summed E-state index contributed by atoms with van der Waals surface area (Å²) < 4.78 is 10.7. The number of pyridine rings is 1. The van der Waals surface area contributed by atoms with E-state index in [9.17, 15) is 4.79 Å².